The van der Waals surface area contributed by atoms with Crippen LogP contribution in [-0.2, 0) is 6.54 Å². The standard InChI is InChI=1S/C21H23ClN4OS/c1-13-5-10-19(27-4)18(11-13)23-21(28)24-20-14(2)25-26(15(20)3)12-16-6-8-17(22)9-7-16/h5-11H,12H2,1-4H3,(H2,23,24,28). The van der Waals surface area contributed by atoms with Crippen LogP contribution in [0.15, 0.2) is 42.5 Å². The highest BCUT2D eigenvalue weighted by molar-refractivity contribution is 7.80. The minimum Gasteiger partial charge on any atom is -0.495 e. The molecule has 0 saturated heterocycles. The Morgan fingerprint density at radius 3 is 2.50 bits per heavy atom. The summed E-state index contributed by atoms with van der Waals surface area (Å²) in [4.78, 5) is 0. The third-order valence-corrected chi connectivity index (χ3v) is 4.92. The third kappa shape index (κ3) is 4.64. The molecule has 0 amide bonds. The summed E-state index contributed by atoms with van der Waals surface area (Å²) < 4.78 is 7.36. The predicted octanol–water partition coefficient (Wildman–Crippen LogP) is 5.33. The van der Waals surface area contributed by atoms with Gasteiger partial charge in [0.25, 0.3) is 0 Å². The van der Waals surface area contributed by atoms with Crippen LogP contribution >= 0.6 is 23.8 Å². The van der Waals surface area contributed by atoms with Gasteiger partial charge in [0, 0.05) is 5.02 Å². The molecule has 0 saturated carbocycles. The van der Waals surface area contributed by atoms with Crippen molar-refractivity contribution in [1.82, 2.24) is 9.78 Å². The molecular formula is C21H23ClN4OS. The number of hydrogen-bond acceptors (Lipinski definition) is 3. The molecule has 0 aliphatic heterocycles. The monoisotopic (exact) mass is 414 g/mol. The van der Waals surface area contributed by atoms with Crippen LogP contribution in [0.25, 0.3) is 0 Å². The number of methoxy groups -OCH3 is 1. The number of thiocarbonyl (C=S) groups is 1. The van der Waals surface area contributed by atoms with Gasteiger partial charge >= 0.3 is 0 Å². The molecule has 146 valence electrons. The van der Waals surface area contributed by atoms with Crippen molar-refractivity contribution in [2.75, 3.05) is 17.7 Å². The molecule has 0 fully saturated rings. The molecule has 0 atom stereocenters. The zero-order chi connectivity index (χ0) is 20.3. The SMILES string of the molecule is COc1ccc(C)cc1NC(=S)Nc1c(C)nn(Cc2ccc(Cl)cc2)c1C. The number of nitrogens with zero attached hydrogens (tertiary/aromatic N) is 2. The molecular weight excluding hydrogens is 392 g/mol. The van der Waals surface area contributed by atoms with Crippen LogP contribution in [0.3, 0.4) is 0 Å². The minimum absolute atomic E-state index is 0.487. The topological polar surface area (TPSA) is 51.1 Å². The largest absolute Gasteiger partial charge is 0.495 e. The van der Waals surface area contributed by atoms with E-state index in [9.17, 15) is 0 Å². The summed E-state index contributed by atoms with van der Waals surface area (Å²) in [5, 5.41) is 12.3. The van der Waals surface area contributed by atoms with Crippen molar-refractivity contribution in [3.63, 3.8) is 0 Å². The third-order valence-electron chi connectivity index (χ3n) is 4.47. The van der Waals surface area contributed by atoms with E-state index in [1.165, 1.54) is 0 Å². The second kappa shape index (κ2) is 8.63. The van der Waals surface area contributed by atoms with Gasteiger partial charge in [-0.3, -0.25) is 4.68 Å². The maximum atomic E-state index is 5.97. The molecule has 0 unspecified atom stereocenters. The first kappa shape index (κ1) is 20.2. The first-order chi connectivity index (χ1) is 13.4. The summed E-state index contributed by atoms with van der Waals surface area (Å²) in [6.45, 7) is 6.67. The average molecular weight is 415 g/mol. The van der Waals surface area contributed by atoms with Crippen molar-refractivity contribution in [3.8, 4) is 5.75 Å². The Labute approximate surface area is 175 Å². The van der Waals surface area contributed by atoms with E-state index in [0.717, 1.165) is 44.7 Å². The fourth-order valence-electron chi connectivity index (χ4n) is 2.98. The number of nitrogens with one attached hydrogen (secondary N) is 2. The van der Waals surface area contributed by atoms with Crippen molar-refractivity contribution < 1.29 is 4.74 Å². The van der Waals surface area contributed by atoms with Gasteiger partial charge < -0.3 is 15.4 Å². The number of benzene rings is 2. The molecule has 5 nitrogen and oxygen atoms in total. The summed E-state index contributed by atoms with van der Waals surface area (Å²) in [6, 6.07) is 13.7. The van der Waals surface area contributed by atoms with E-state index in [1.54, 1.807) is 7.11 Å². The van der Waals surface area contributed by atoms with Gasteiger partial charge in [-0.25, -0.2) is 0 Å². The van der Waals surface area contributed by atoms with Gasteiger partial charge in [-0.05, 0) is 68.4 Å². The molecule has 2 aromatic carbocycles. The van der Waals surface area contributed by atoms with E-state index >= 15 is 0 Å². The Morgan fingerprint density at radius 1 is 1.11 bits per heavy atom. The highest BCUT2D eigenvalue weighted by atomic mass is 35.5. The van der Waals surface area contributed by atoms with Gasteiger partial charge in [0.15, 0.2) is 5.11 Å². The molecule has 2 N–H and O–H groups in total. The van der Waals surface area contributed by atoms with Gasteiger partial charge in [-0.15, -0.1) is 0 Å². The zero-order valence-corrected chi connectivity index (χ0v) is 17.9. The molecule has 7 heteroatoms. The average Bonchev–Trinajstić information content (AvgIpc) is 2.91. The number of aryl methyl sites for hydroxylation is 2. The summed E-state index contributed by atoms with van der Waals surface area (Å²) in [7, 11) is 1.64. The number of ether oxygens (including phenoxy) is 1. The van der Waals surface area contributed by atoms with Crippen molar-refractivity contribution in [1.29, 1.82) is 0 Å². The van der Waals surface area contributed by atoms with Crippen LogP contribution in [0.4, 0.5) is 11.4 Å². The molecule has 3 aromatic rings. The lowest BCUT2D eigenvalue weighted by atomic mass is 10.2. The zero-order valence-electron chi connectivity index (χ0n) is 16.3. The first-order valence-corrected chi connectivity index (χ1v) is 9.67. The van der Waals surface area contributed by atoms with Gasteiger partial charge in [-0.2, -0.15) is 5.10 Å². The van der Waals surface area contributed by atoms with Crippen LogP contribution in [0, 0.1) is 20.8 Å². The number of anilines is 2. The molecule has 1 aromatic heterocycles. The maximum Gasteiger partial charge on any atom is 0.175 e. The molecule has 0 bridgehead atoms. The Hall–Kier alpha value is -2.57. The summed E-state index contributed by atoms with van der Waals surface area (Å²) >= 11 is 11.5. The molecule has 1 heterocycles. The lowest BCUT2D eigenvalue weighted by Gasteiger charge is -2.14. The number of halogens is 1. The molecule has 28 heavy (non-hydrogen) atoms. The van der Waals surface area contributed by atoms with Gasteiger partial charge in [0.05, 0.1) is 36.4 Å². The van der Waals surface area contributed by atoms with Crippen LogP contribution < -0.4 is 15.4 Å². The van der Waals surface area contributed by atoms with E-state index in [-0.39, 0.29) is 0 Å². The van der Waals surface area contributed by atoms with Gasteiger partial charge in [-0.1, -0.05) is 29.8 Å². The Balaban J connectivity index is 1.75. The summed E-state index contributed by atoms with van der Waals surface area (Å²) in [5.74, 6) is 0.738. The first-order valence-electron chi connectivity index (χ1n) is 8.88. The lowest BCUT2D eigenvalue weighted by Crippen LogP contribution is -2.20. The van der Waals surface area contributed by atoms with Crippen LogP contribution in [0.1, 0.15) is 22.5 Å². The fourth-order valence-corrected chi connectivity index (χ4v) is 3.32. The van der Waals surface area contributed by atoms with Gasteiger partial charge in [0.2, 0.25) is 0 Å². The van der Waals surface area contributed by atoms with Crippen LogP contribution in [0.5, 0.6) is 5.75 Å². The molecule has 0 aliphatic carbocycles. The second-order valence-corrected chi connectivity index (χ2v) is 7.46. The second-order valence-electron chi connectivity index (χ2n) is 6.61. The highest BCUT2D eigenvalue weighted by Gasteiger charge is 2.14. The molecule has 0 radical (unpaired) electrons. The molecule has 0 spiro atoms. The van der Waals surface area contributed by atoms with Gasteiger partial charge in [0.1, 0.15) is 5.75 Å². The van der Waals surface area contributed by atoms with Crippen molar-refractivity contribution in [2.45, 2.75) is 27.3 Å². The fraction of sp³-hybridized carbons (Fsp3) is 0.238. The quantitative estimate of drug-likeness (QED) is 0.553. The normalized spacial score (nSPS) is 10.6. The van der Waals surface area contributed by atoms with Crippen LogP contribution in [-0.4, -0.2) is 22.0 Å². The lowest BCUT2D eigenvalue weighted by molar-refractivity contribution is 0.417. The van der Waals surface area contributed by atoms with Crippen molar-refractivity contribution >= 4 is 40.3 Å². The van der Waals surface area contributed by atoms with E-state index in [0.29, 0.717) is 11.7 Å². The summed E-state index contributed by atoms with van der Waals surface area (Å²) in [6.07, 6.45) is 0. The van der Waals surface area contributed by atoms with Crippen LogP contribution in [0.2, 0.25) is 5.02 Å². The Morgan fingerprint density at radius 2 is 1.82 bits per heavy atom. The number of rotatable bonds is 5. The number of hydrogen-bond donors (Lipinski definition) is 2. The Kier molecular flexibility index (Phi) is 6.21. The van der Waals surface area contributed by atoms with Crippen molar-refractivity contribution in [3.05, 3.63) is 70.0 Å². The van der Waals surface area contributed by atoms with E-state index < -0.39 is 0 Å². The Bertz CT molecular complexity index is 998. The van der Waals surface area contributed by atoms with E-state index in [4.69, 9.17) is 28.6 Å². The predicted molar refractivity (Wildman–Crippen MR) is 120 cm³/mol. The minimum atomic E-state index is 0.487. The van der Waals surface area contributed by atoms with Crippen molar-refractivity contribution in [2.24, 2.45) is 0 Å². The molecule has 3 rings (SSSR count). The summed E-state index contributed by atoms with van der Waals surface area (Å²) in [5.41, 5.74) is 5.86. The highest BCUT2D eigenvalue weighted by Crippen LogP contribution is 2.26. The van der Waals surface area contributed by atoms with E-state index in [1.807, 2.05) is 67.9 Å². The number of aromatic nitrogens is 2. The maximum absolute atomic E-state index is 5.97. The van der Waals surface area contributed by atoms with E-state index in [2.05, 4.69) is 15.7 Å². The smallest absolute Gasteiger partial charge is 0.175 e. The molecule has 0 aliphatic rings.